The van der Waals surface area contributed by atoms with Gasteiger partial charge in [0.25, 0.3) is 0 Å². The zero-order valence-corrected chi connectivity index (χ0v) is 32.2. The van der Waals surface area contributed by atoms with Crippen molar-refractivity contribution >= 4 is 34.8 Å². The number of fused-ring (bicyclic) bond motifs is 2. The van der Waals surface area contributed by atoms with Gasteiger partial charge in [-0.15, -0.1) is 0 Å². The van der Waals surface area contributed by atoms with Crippen molar-refractivity contribution in [3.63, 3.8) is 0 Å². The maximum Gasteiger partial charge on any atom is 0.240 e. The van der Waals surface area contributed by atoms with Gasteiger partial charge in [-0.1, -0.05) is 81.6 Å². The van der Waals surface area contributed by atoms with E-state index in [4.69, 9.17) is 0 Å². The Bertz CT molecular complexity index is 1950. The Morgan fingerprint density at radius 3 is 1.93 bits per heavy atom. The molecule has 3 amide bonds. The van der Waals surface area contributed by atoms with Gasteiger partial charge in [-0.25, -0.2) is 0 Å². The molecule has 2 aliphatic heterocycles. The molecule has 10 nitrogen and oxygen atoms in total. The minimum atomic E-state index is -0.651. The molecule has 0 unspecified atom stereocenters. The van der Waals surface area contributed by atoms with Crippen molar-refractivity contribution < 1.29 is 14.4 Å². The van der Waals surface area contributed by atoms with Gasteiger partial charge in [0.15, 0.2) is 0 Å². The molecular formula is C44H55N7O3. The van der Waals surface area contributed by atoms with E-state index in [0.717, 1.165) is 84.3 Å². The van der Waals surface area contributed by atoms with Crippen LogP contribution in [0.15, 0.2) is 85.2 Å². The Morgan fingerprint density at radius 2 is 1.31 bits per heavy atom. The smallest absolute Gasteiger partial charge is 0.240 e. The number of hydrogen-bond donors (Lipinski definition) is 3. The number of anilines is 3. The van der Waals surface area contributed by atoms with Crippen LogP contribution in [0.25, 0.3) is 11.1 Å². The van der Waals surface area contributed by atoms with E-state index < -0.39 is 5.54 Å². The molecule has 3 heterocycles. The van der Waals surface area contributed by atoms with E-state index in [0.29, 0.717) is 25.9 Å². The van der Waals surface area contributed by atoms with E-state index in [-0.39, 0.29) is 41.9 Å². The van der Waals surface area contributed by atoms with Gasteiger partial charge in [-0.3, -0.25) is 24.4 Å². The van der Waals surface area contributed by atoms with Gasteiger partial charge in [-0.05, 0) is 80.5 Å². The Balaban J connectivity index is 0.972. The number of nitrogens with one attached hydrogen (secondary N) is 3. The molecule has 3 aliphatic rings. The summed E-state index contributed by atoms with van der Waals surface area (Å²) >= 11 is 0. The summed E-state index contributed by atoms with van der Waals surface area (Å²) in [6.07, 6.45) is 11.2. The van der Waals surface area contributed by atoms with Gasteiger partial charge in [0.1, 0.15) is 0 Å². The van der Waals surface area contributed by atoms with E-state index >= 15 is 0 Å². The predicted molar refractivity (Wildman–Crippen MR) is 215 cm³/mol. The molecule has 3 aromatic carbocycles. The first-order valence-electron chi connectivity index (χ1n) is 20.0. The molecule has 4 aromatic rings. The zero-order chi connectivity index (χ0) is 37.8. The number of carbonyl (C=O) groups excluding carboxylic acids is 3. The van der Waals surface area contributed by atoms with Crippen LogP contribution in [0.2, 0.25) is 0 Å². The lowest BCUT2D eigenvalue weighted by atomic mass is 9.78. The molecule has 0 saturated heterocycles. The molecule has 3 N–H and O–H groups in total. The topological polar surface area (TPSA) is 112 Å². The molecular weight excluding hydrogens is 675 g/mol. The highest BCUT2D eigenvalue weighted by Crippen LogP contribution is 2.41. The van der Waals surface area contributed by atoms with Gasteiger partial charge in [-0.2, -0.15) is 5.10 Å². The molecule has 7 rings (SSSR count). The highest BCUT2D eigenvalue weighted by molar-refractivity contribution is 5.96. The summed E-state index contributed by atoms with van der Waals surface area (Å²) in [7, 11) is 0. The first-order valence-corrected chi connectivity index (χ1v) is 20.0. The van der Waals surface area contributed by atoms with Crippen molar-refractivity contribution in [1.29, 1.82) is 0 Å². The lowest BCUT2D eigenvalue weighted by Gasteiger charge is -2.45. The molecule has 4 atom stereocenters. The number of nitrogens with zero attached hydrogens (tertiary/aromatic N) is 4. The second-order valence-corrected chi connectivity index (χ2v) is 15.4. The standard InChI is InChI=1S/C44H55N7O3/c1-5-41(52)50-30(3)26-37(35-14-8-10-16-39(35)50)47-34-20-18-32(19-21-34)33-28-46-49(29-33)25-24-45-43(54)44(22-12-7-13-23-44)48-38-27-31(4)51(42(53)6-2)40-17-11-9-15-36(38)40/h8-11,14-21,28-31,37-38,47-48H,5-7,12-13,22-27H2,1-4H3,(H,45,54)/t30-,31-,37+,38+/m0/s1. The van der Waals surface area contributed by atoms with Gasteiger partial charge in [0, 0.05) is 66.3 Å². The minimum absolute atomic E-state index is 0.0138. The molecule has 0 spiro atoms. The summed E-state index contributed by atoms with van der Waals surface area (Å²) in [4.78, 5) is 43.6. The van der Waals surface area contributed by atoms with Crippen LogP contribution in [0, 0.1) is 0 Å². The molecule has 1 aliphatic carbocycles. The van der Waals surface area contributed by atoms with Gasteiger partial charge in [0.2, 0.25) is 17.7 Å². The maximum atomic E-state index is 14.1. The number of rotatable bonds is 11. The number of para-hydroxylation sites is 2. The van der Waals surface area contributed by atoms with Crippen LogP contribution in [0.1, 0.15) is 109 Å². The van der Waals surface area contributed by atoms with Crippen LogP contribution in [-0.4, -0.2) is 51.7 Å². The van der Waals surface area contributed by atoms with Crippen LogP contribution >= 0.6 is 0 Å². The lowest BCUT2D eigenvalue weighted by Crippen LogP contribution is -2.60. The fourth-order valence-corrected chi connectivity index (χ4v) is 8.97. The van der Waals surface area contributed by atoms with Gasteiger partial charge < -0.3 is 20.4 Å². The molecule has 284 valence electrons. The number of amides is 3. The average molecular weight is 730 g/mol. The highest BCUT2D eigenvalue weighted by atomic mass is 16.2. The molecule has 1 aromatic heterocycles. The quantitative estimate of drug-likeness (QED) is 0.145. The summed E-state index contributed by atoms with van der Waals surface area (Å²) in [5, 5.41) is 15.5. The third kappa shape index (κ3) is 7.53. The highest BCUT2D eigenvalue weighted by Gasteiger charge is 2.43. The van der Waals surface area contributed by atoms with Crippen molar-refractivity contribution in [3.8, 4) is 11.1 Å². The summed E-state index contributed by atoms with van der Waals surface area (Å²) in [6.45, 7) is 9.10. The normalized spacial score (nSPS) is 21.9. The van der Waals surface area contributed by atoms with E-state index in [1.807, 2.05) is 77.1 Å². The van der Waals surface area contributed by atoms with Crippen molar-refractivity contribution in [2.75, 3.05) is 21.7 Å². The largest absolute Gasteiger partial charge is 0.378 e. The lowest BCUT2D eigenvalue weighted by molar-refractivity contribution is -0.129. The van der Waals surface area contributed by atoms with E-state index in [1.54, 1.807) is 0 Å². The zero-order valence-electron chi connectivity index (χ0n) is 32.2. The Hall–Kier alpha value is -4.96. The SMILES string of the molecule is CCC(=O)N1c2ccccc2[C@H](Nc2ccc(-c3cnn(CCNC(=O)C4(N[C@@H]5C[C@H](C)N(C(=O)CC)c6ccccc65)CCCCC4)c3)cc2)C[C@@H]1C. The van der Waals surface area contributed by atoms with E-state index in [1.165, 1.54) is 0 Å². The second kappa shape index (κ2) is 16.2. The predicted octanol–water partition coefficient (Wildman–Crippen LogP) is 7.92. The van der Waals surface area contributed by atoms with Gasteiger partial charge >= 0.3 is 0 Å². The Kier molecular flexibility index (Phi) is 11.2. The number of benzene rings is 3. The van der Waals surface area contributed by atoms with E-state index in [2.05, 4.69) is 71.3 Å². The van der Waals surface area contributed by atoms with Crippen LogP contribution in [0.5, 0.6) is 0 Å². The van der Waals surface area contributed by atoms with Crippen LogP contribution in [0.4, 0.5) is 17.1 Å². The molecule has 1 fully saturated rings. The first kappa shape index (κ1) is 37.4. The van der Waals surface area contributed by atoms with E-state index in [9.17, 15) is 14.4 Å². The molecule has 1 saturated carbocycles. The average Bonchev–Trinajstić information content (AvgIpc) is 3.67. The Labute approximate surface area is 319 Å². The monoisotopic (exact) mass is 729 g/mol. The molecule has 54 heavy (non-hydrogen) atoms. The number of aromatic nitrogens is 2. The summed E-state index contributed by atoms with van der Waals surface area (Å²) < 4.78 is 1.89. The summed E-state index contributed by atoms with van der Waals surface area (Å²) in [5.74, 6) is 0.334. The maximum absolute atomic E-state index is 14.1. The van der Waals surface area contributed by atoms with Crippen molar-refractivity contribution in [2.24, 2.45) is 0 Å². The van der Waals surface area contributed by atoms with Crippen molar-refractivity contribution in [2.45, 2.75) is 122 Å². The minimum Gasteiger partial charge on any atom is -0.378 e. The Morgan fingerprint density at radius 1 is 0.741 bits per heavy atom. The fourth-order valence-electron chi connectivity index (χ4n) is 8.97. The number of hydrogen-bond acceptors (Lipinski definition) is 6. The molecule has 0 bridgehead atoms. The number of carbonyl (C=O) groups is 3. The van der Waals surface area contributed by atoms with Crippen molar-refractivity contribution in [1.82, 2.24) is 20.4 Å². The van der Waals surface area contributed by atoms with Crippen LogP contribution < -0.4 is 25.8 Å². The summed E-state index contributed by atoms with van der Waals surface area (Å²) in [5.41, 5.74) is 6.65. The summed E-state index contributed by atoms with van der Waals surface area (Å²) in [6, 6.07) is 25.0. The van der Waals surface area contributed by atoms with Crippen LogP contribution in [-0.2, 0) is 20.9 Å². The third-order valence-electron chi connectivity index (χ3n) is 11.7. The molecule has 10 heteroatoms. The third-order valence-corrected chi connectivity index (χ3v) is 11.7. The van der Waals surface area contributed by atoms with Crippen molar-refractivity contribution in [3.05, 3.63) is 96.3 Å². The fraction of sp³-hybridized carbons (Fsp3) is 0.455. The van der Waals surface area contributed by atoms with Gasteiger partial charge in [0.05, 0.1) is 24.3 Å². The van der Waals surface area contributed by atoms with Crippen LogP contribution in [0.3, 0.4) is 0 Å². The molecule has 0 radical (unpaired) electrons. The first-order chi connectivity index (χ1) is 26.2. The second-order valence-electron chi connectivity index (χ2n) is 15.4.